The third kappa shape index (κ3) is 7.22. The molecule has 0 heterocycles. The molecular formula is C43H40N2O. The number of benzene rings is 6. The molecule has 0 saturated carbocycles. The Morgan fingerprint density at radius 3 is 1.39 bits per heavy atom. The lowest BCUT2D eigenvalue weighted by Crippen LogP contribution is -2.10. The average Bonchev–Trinajstić information content (AvgIpc) is 3.09. The fraction of sp³-hybridized carbons (Fsp3) is 0.116. The number of para-hydroxylation sites is 1. The molecule has 0 N–H and O–H groups in total. The number of hydrogen-bond acceptors (Lipinski definition) is 3. The van der Waals surface area contributed by atoms with E-state index in [1.165, 1.54) is 22.3 Å². The zero-order valence-electron chi connectivity index (χ0n) is 26.6. The van der Waals surface area contributed by atoms with E-state index in [4.69, 9.17) is 4.74 Å². The molecule has 0 atom stereocenters. The summed E-state index contributed by atoms with van der Waals surface area (Å²) in [5.74, 6) is 0.879. The van der Waals surface area contributed by atoms with E-state index in [2.05, 4.69) is 182 Å². The Labute approximate surface area is 273 Å². The van der Waals surface area contributed by atoms with Crippen LogP contribution < -0.4 is 14.5 Å². The van der Waals surface area contributed by atoms with Crippen LogP contribution in [0.3, 0.4) is 0 Å². The van der Waals surface area contributed by atoms with Crippen LogP contribution in [0.25, 0.3) is 11.1 Å². The SMILES string of the molecule is C=CCCCOc1ccc(N(c2ccc(-c3ccc(N(c4ccccc4)c4cccc(C)c4)cc3)cc2)c2cccc(C)c2)cc1. The van der Waals surface area contributed by atoms with Crippen molar-refractivity contribution in [1.29, 1.82) is 0 Å². The minimum Gasteiger partial charge on any atom is -0.494 e. The first-order chi connectivity index (χ1) is 22.6. The molecule has 3 heteroatoms. The van der Waals surface area contributed by atoms with Crippen molar-refractivity contribution in [2.24, 2.45) is 0 Å². The molecule has 0 fully saturated rings. The Hall–Kier alpha value is -5.54. The molecule has 3 nitrogen and oxygen atoms in total. The van der Waals surface area contributed by atoms with Gasteiger partial charge in [-0.3, -0.25) is 0 Å². The van der Waals surface area contributed by atoms with Crippen LogP contribution in [0, 0.1) is 13.8 Å². The fourth-order valence-electron chi connectivity index (χ4n) is 5.72. The van der Waals surface area contributed by atoms with E-state index in [0.717, 1.165) is 52.7 Å². The van der Waals surface area contributed by atoms with Crippen LogP contribution in [-0.4, -0.2) is 6.61 Å². The molecular weight excluding hydrogens is 560 g/mol. The van der Waals surface area contributed by atoms with Gasteiger partial charge in [0.15, 0.2) is 0 Å². The Kier molecular flexibility index (Phi) is 9.61. The number of ether oxygens (including phenoxy) is 1. The second-order valence-electron chi connectivity index (χ2n) is 11.6. The molecule has 46 heavy (non-hydrogen) atoms. The standard InChI is InChI=1S/C43H40N2O/c1-4-5-9-30-46-43-28-26-40(27-29-43)45(42-17-11-13-34(3)32-42)39-24-20-36(21-25-39)35-18-22-38(23-19-35)44(37-14-7-6-8-15-37)41-16-10-12-33(2)31-41/h4,6-8,10-29,31-32H,1,5,9,30H2,2-3H3. The quantitative estimate of drug-likeness (QED) is 0.103. The highest BCUT2D eigenvalue weighted by Crippen LogP contribution is 2.38. The van der Waals surface area contributed by atoms with Gasteiger partial charge >= 0.3 is 0 Å². The summed E-state index contributed by atoms with van der Waals surface area (Å²) in [4.78, 5) is 4.60. The van der Waals surface area contributed by atoms with E-state index < -0.39 is 0 Å². The van der Waals surface area contributed by atoms with Crippen molar-refractivity contribution >= 4 is 34.1 Å². The van der Waals surface area contributed by atoms with Crippen molar-refractivity contribution in [2.45, 2.75) is 26.7 Å². The summed E-state index contributed by atoms with van der Waals surface area (Å²) >= 11 is 0. The van der Waals surface area contributed by atoms with Crippen molar-refractivity contribution in [3.63, 3.8) is 0 Å². The molecule has 0 saturated heterocycles. The number of aryl methyl sites for hydroxylation is 2. The molecule has 0 aliphatic heterocycles. The fourth-order valence-corrected chi connectivity index (χ4v) is 5.72. The van der Waals surface area contributed by atoms with E-state index in [1.807, 2.05) is 6.08 Å². The van der Waals surface area contributed by atoms with Gasteiger partial charge in [0.2, 0.25) is 0 Å². The van der Waals surface area contributed by atoms with E-state index in [-0.39, 0.29) is 0 Å². The van der Waals surface area contributed by atoms with Crippen LogP contribution in [0.1, 0.15) is 24.0 Å². The third-order valence-corrected chi connectivity index (χ3v) is 8.03. The van der Waals surface area contributed by atoms with Crippen LogP contribution in [0.5, 0.6) is 5.75 Å². The molecule has 0 bridgehead atoms. The maximum absolute atomic E-state index is 5.95. The predicted octanol–water partition coefficient (Wildman–Crippen LogP) is 12.3. The number of hydrogen-bond donors (Lipinski definition) is 0. The Bertz CT molecular complexity index is 1860. The van der Waals surface area contributed by atoms with Gasteiger partial charge in [0.1, 0.15) is 5.75 Å². The molecule has 0 amide bonds. The minimum absolute atomic E-state index is 0.686. The Morgan fingerprint density at radius 2 is 0.935 bits per heavy atom. The van der Waals surface area contributed by atoms with Gasteiger partial charge in [-0.2, -0.15) is 0 Å². The number of anilines is 6. The van der Waals surface area contributed by atoms with Gasteiger partial charge in [0.25, 0.3) is 0 Å². The topological polar surface area (TPSA) is 15.7 Å². The molecule has 0 aliphatic rings. The lowest BCUT2D eigenvalue weighted by molar-refractivity contribution is 0.312. The smallest absolute Gasteiger partial charge is 0.119 e. The second kappa shape index (κ2) is 14.5. The van der Waals surface area contributed by atoms with Gasteiger partial charge in [-0.25, -0.2) is 0 Å². The van der Waals surface area contributed by atoms with E-state index >= 15 is 0 Å². The van der Waals surface area contributed by atoms with E-state index in [0.29, 0.717) is 6.61 Å². The number of unbranched alkanes of at least 4 members (excludes halogenated alkanes) is 1. The highest BCUT2D eigenvalue weighted by atomic mass is 16.5. The highest BCUT2D eigenvalue weighted by molar-refractivity contribution is 5.81. The van der Waals surface area contributed by atoms with Crippen molar-refractivity contribution in [2.75, 3.05) is 16.4 Å². The summed E-state index contributed by atoms with van der Waals surface area (Å²) in [5, 5.41) is 0. The number of nitrogens with zero attached hydrogens (tertiary/aromatic N) is 2. The summed E-state index contributed by atoms with van der Waals surface area (Å²) in [6, 6.07) is 53.8. The average molecular weight is 601 g/mol. The Balaban J connectivity index is 1.27. The number of rotatable bonds is 12. The molecule has 0 aliphatic carbocycles. The lowest BCUT2D eigenvalue weighted by Gasteiger charge is -2.26. The molecule has 0 radical (unpaired) electrons. The van der Waals surface area contributed by atoms with E-state index in [9.17, 15) is 0 Å². The summed E-state index contributed by atoms with van der Waals surface area (Å²) in [6.45, 7) is 8.74. The first-order valence-corrected chi connectivity index (χ1v) is 15.9. The molecule has 0 aromatic heterocycles. The monoisotopic (exact) mass is 600 g/mol. The summed E-state index contributed by atoms with van der Waals surface area (Å²) < 4.78 is 5.95. The number of allylic oxidation sites excluding steroid dienone is 1. The maximum Gasteiger partial charge on any atom is 0.119 e. The zero-order chi connectivity index (χ0) is 31.7. The van der Waals surface area contributed by atoms with Crippen LogP contribution in [-0.2, 0) is 0 Å². The van der Waals surface area contributed by atoms with Crippen LogP contribution in [0.4, 0.5) is 34.1 Å². The molecule has 6 aromatic rings. The van der Waals surface area contributed by atoms with Gasteiger partial charge < -0.3 is 14.5 Å². The molecule has 6 aromatic carbocycles. The highest BCUT2D eigenvalue weighted by Gasteiger charge is 2.15. The van der Waals surface area contributed by atoms with Crippen molar-refractivity contribution in [1.82, 2.24) is 0 Å². The third-order valence-electron chi connectivity index (χ3n) is 8.03. The molecule has 228 valence electrons. The van der Waals surface area contributed by atoms with Gasteiger partial charge in [-0.15, -0.1) is 6.58 Å². The van der Waals surface area contributed by atoms with Gasteiger partial charge in [-0.1, -0.05) is 72.8 Å². The van der Waals surface area contributed by atoms with Gasteiger partial charge in [0.05, 0.1) is 6.61 Å². The van der Waals surface area contributed by atoms with Crippen LogP contribution >= 0.6 is 0 Å². The normalized spacial score (nSPS) is 10.7. The first-order valence-electron chi connectivity index (χ1n) is 15.9. The summed E-state index contributed by atoms with van der Waals surface area (Å²) in [7, 11) is 0. The van der Waals surface area contributed by atoms with Gasteiger partial charge in [-0.05, 0) is 134 Å². The molecule has 6 rings (SSSR count). The largest absolute Gasteiger partial charge is 0.494 e. The van der Waals surface area contributed by atoms with E-state index in [1.54, 1.807) is 0 Å². The minimum atomic E-state index is 0.686. The Morgan fingerprint density at radius 1 is 0.500 bits per heavy atom. The van der Waals surface area contributed by atoms with Crippen molar-refractivity contribution < 1.29 is 4.74 Å². The van der Waals surface area contributed by atoms with Crippen LogP contribution in [0.2, 0.25) is 0 Å². The first kappa shape index (κ1) is 30.5. The van der Waals surface area contributed by atoms with Crippen molar-refractivity contribution in [3.05, 3.63) is 175 Å². The van der Waals surface area contributed by atoms with Crippen molar-refractivity contribution in [3.8, 4) is 16.9 Å². The second-order valence-corrected chi connectivity index (χ2v) is 11.6. The predicted molar refractivity (Wildman–Crippen MR) is 196 cm³/mol. The molecule has 0 unspecified atom stereocenters. The summed E-state index contributed by atoms with van der Waals surface area (Å²) in [6.07, 6.45) is 3.85. The lowest BCUT2D eigenvalue weighted by atomic mass is 10.0. The zero-order valence-corrected chi connectivity index (χ0v) is 26.6. The molecule has 0 spiro atoms. The maximum atomic E-state index is 5.95. The summed E-state index contributed by atoms with van der Waals surface area (Å²) in [5.41, 5.74) is 11.5. The van der Waals surface area contributed by atoms with Gasteiger partial charge in [0, 0.05) is 34.1 Å². The van der Waals surface area contributed by atoms with Crippen LogP contribution in [0.15, 0.2) is 164 Å².